The van der Waals surface area contributed by atoms with Gasteiger partial charge in [-0.3, -0.25) is 9.10 Å². The molecule has 0 N–H and O–H groups in total. The van der Waals surface area contributed by atoms with Gasteiger partial charge in [0.1, 0.15) is 6.54 Å². The minimum Gasteiger partial charge on any atom is -0.468 e. The molecule has 2 aromatic carbocycles. The van der Waals surface area contributed by atoms with Crippen LogP contribution in [0.25, 0.3) is 0 Å². The third-order valence-electron chi connectivity index (χ3n) is 3.35. The van der Waals surface area contributed by atoms with Crippen molar-refractivity contribution in [2.45, 2.75) is 11.8 Å². The van der Waals surface area contributed by atoms with E-state index in [1.165, 1.54) is 37.4 Å². The number of esters is 1. The zero-order valence-corrected chi connectivity index (χ0v) is 15.3. The number of benzene rings is 2. The molecule has 0 unspecified atom stereocenters. The highest BCUT2D eigenvalue weighted by Crippen LogP contribution is 2.28. The lowest BCUT2D eigenvalue weighted by molar-refractivity contribution is -0.138. The second-order valence-corrected chi connectivity index (χ2v) is 7.68. The van der Waals surface area contributed by atoms with Gasteiger partial charge >= 0.3 is 5.97 Å². The molecule has 0 saturated heterocycles. The smallest absolute Gasteiger partial charge is 0.326 e. The van der Waals surface area contributed by atoms with Gasteiger partial charge in [-0.1, -0.05) is 29.3 Å². The number of hydrogen-bond acceptors (Lipinski definition) is 4. The van der Waals surface area contributed by atoms with Crippen LogP contribution in [-0.2, 0) is 19.6 Å². The van der Waals surface area contributed by atoms with Crippen LogP contribution < -0.4 is 4.31 Å². The Morgan fingerprint density at radius 2 is 1.75 bits per heavy atom. The Bertz CT molecular complexity index is 851. The van der Waals surface area contributed by atoms with E-state index in [1.807, 2.05) is 0 Å². The van der Waals surface area contributed by atoms with E-state index in [0.717, 1.165) is 9.87 Å². The standard InChI is InChI=1S/C16H15Cl2NO4S/c1-11-3-6-13(9-15(11)18)19(10-16(20)23-2)24(21,22)14-7-4-12(17)5-8-14/h3-9H,10H2,1-2H3. The Morgan fingerprint density at radius 3 is 2.29 bits per heavy atom. The number of aryl methyl sites for hydroxylation is 1. The van der Waals surface area contributed by atoms with Gasteiger partial charge in [-0.25, -0.2) is 8.42 Å². The highest BCUT2D eigenvalue weighted by molar-refractivity contribution is 7.92. The fourth-order valence-corrected chi connectivity index (χ4v) is 3.67. The summed E-state index contributed by atoms with van der Waals surface area (Å²) in [7, 11) is -2.80. The van der Waals surface area contributed by atoms with Crippen molar-refractivity contribution in [3.8, 4) is 0 Å². The molecule has 0 bridgehead atoms. The van der Waals surface area contributed by atoms with Crippen LogP contribution >= 0.6 is 23.2 Å². The van der Waals surface area contributed by atoms with Crippen LogP contribution in [0.3, 0.4) is 0 Å². The van der Waals surface area contributed by atoms with E-state index in [1.54, 1.807) is 19.1 Å². The summed E-state index contributed by atoms with van der Waals surface area (Å²) in [6.07, 6.45) is 0. The molecule has 0 amide bonds. The number of halogens is 2. The molecule has 0 fully saturated rings. The van der Waals surface area contributed by atoms with Gasteiger partial charge in [0.2, 0.25) is 0 Å². The molecule has 8 heteroatoms. The van der Waals surface area contributed by atoms with Gasteiger partial charge < -0.3 is 4.74 Å². The third-order valence-corrected chi connectivity index (χ3v) is 5.79. The molecule has 0 aliphatic carbocycles. The zero-order chi connectivity index (χ0) is 17.9. The van der Waals surface area contributed by atoms with E-state index in [4.69, 9.17) is 23.2 Å². The Morgan fingerprint density at radius 1 is 1.12 bits per heavy atom. The molecule has 2 rings (SSSR count). The molecule has 128 valence electrons. The SMILES string of the molecule is COC(=O)CN(c1ccc(C)c(Cl)c1)S(=O)(=O)c1ccc(Cl)cc1. The molecule has 0 radical (unpaired) electrons. The fraction of sp³-hybridized carbons (Fsp3) is 0.188. The van der Waals surface area contributed by atoms with Crippen LogP contribution in [0, 0.1) is 6.92 Å². The molecule has 0 atom stereocenters. The molecule has 0 aromatic heterocycles. The number of methoxy groups -OCH3 is 1. The largest absolute Gasteiger partial charge is 0.468 e. The van der Waals surface area contributed by atoms with E-state index in [0.29, 0.717) is 10.0 Å². The first kappa shape index (κ1) is 18.6. The summed E-state index contributed by atoms with van der Waals surface area (Å²) in [5.41, 5.74) is 1.06. The average Bonchev–Trinajstić information content (AvgIpc) is 2.55. The number of sulfonamides is 1. The van der Waals surface area contributed by atoms with Crippen molar-refractivity contribution >= 4 is 44.9 Å². The first-order valence-electron chi connectivity index (χ1n) is 6.87. The highest BCUT2D eigenvalue weighted by Gasteiger charge is 2.27. The Balaban J connectivity index is 2.54. The lowest BCUT2D eigenvalue weighted by Gasteiger charge is -2.24. The molecule has 0 heterocycles. The van der Waals surface area contributed by atoms with Crippen LogP contribution in [-0.4, -0.2) is 28.0 Å². The third kappa shape index (κ3) is 4.01. The van der Waals surface area contributed by atoms with E-state index in [-0.39, 0.29) is 10.6 Å². The van der Waals surface area contributed by atoms with E-state index in [2.05, 4.69) is 4.74 Å². The van der Waals surface area contributed by atoms with Gasteiger partial charge in [-0.2, -0.15) is 0 Å². The lowest BCUT2D eigenvalue weighted by Crippen LogP contribution is -2.36. The number of hydrogen-bond donors (Lipinski definition) is 0. The summed E-state index contributed by atoms with van der Waals surface area (Å²) < 4.78 is 31.4. The normalized spacial score (nSPS) is 11.2. The van der Waals surface area contributed by atoms with Gasteiger partial charge in [0.25, 0.3) is 10.0 Å². The minimum atomic E-state index is -3.99. The van der Waals surface area contributed by atoms with E-state index < -0.39 is 22.5 Å². The summed E-state index contributed by atoms with van der Waals surface area (Å²) in [6, 6.07) is 10.4. The van der Waals surface area contributed by atoms with Crippen LogP contribution in [0.4, 0.5) is 5.69 Å². The van der Waals surface area contributed by atoms with Gasteiger partial charge in [-0.15, -0.1) is 0 Å². The maximum absolute atomic E-state index is 12.9. The molecule has 0 spiro atoms. The first-order valence-corrected chi connectivity index (χ1v) is 9.06. The summed E-state index contributed by atoms with van der Waals surface area (Å²) in [5, 5.41) is 0.806. The molecular weight excluding hydrogens is 373 g/mol. The summed E-state index contributed by atoms with van der Waals surface area (Å²) in [4.78, 5) is 11.7. The number of carbonyl (C=O) groups excluding carboxylic acids is 1. The molecule has 0 aliphatic heterocycles. The molecule has 0 saturated carbocycles. The van der Waals surface area contributed by atoms with Crippen molar-refractivity contribution in [3.05, 3.63) is 58.1 Å². The fourth-order valence-electron chi connectivity index (χ4n) is 1.97. The van der Waals surface area contributed by atoms with Crippen LogP contribution in [0.2, 0.25) is 10.0 Å². The maximum Gasteiger partial charge on any atom is 0.326 e. The number of ether oxygens (including phenoxy) is 1. The Kier molecular flexibility index (Phi) is 5.74. The maximum atomic E-state index is 12.9. The predicted molar refractivity (Wildman–Crippen MR) is 94.2 cm³/mol. The summed E-state index contributed by atoms with van der Waals surface area (Å²) >= 11 is 11.9. The van der Waals surface area contributed by atoms with Crippen LogP contribution in [0.5, 0.6) is 0 Å². The van der Waals surface area contributed by atoms with Crippen LogP contribution in [0.1, 0.15) is 5.56 Å². The van der Waals surface area contributed by atoms with Crippen molar-refractivity contribution < 1.29 is 17.9 Å². The van der Waals surface area contributed by atoms with Gasteiger partial charge in [0.05, 0.1) is 17.7 Å². The molecule has 5 nitrogen and oxygen atoms in total. The zero-order valence-electron chi connectivity index (χ0n) is 13.0. The van der Waals surface area contributed by atoms with Crippen molar-refractivity contribution in [1.29, 1.82) is 0 Å². The predicted octanol–water partition coefficient (Wildman–Crippen LogP) is 3.67. The van der Waals surface area contributed by atoms with Gasteiger partial charge in [0.15, 0.2) is 0 Å². The average molecular weight is 388 g/mol. The van der Waals surface area contributed by atoms with Gasteiger partial charge in [0, 0.05) is 10.0 Å². The van der Waals surface area contributed by atoms with Gasteiger partial charge in [-0.05, 0) is 48.9 Å². The monoisotopic (exact) mass is 387 g/mol. The highest BCUT2D eigenvalue weighted by atomic mass is 35.5. The molecule has 2 aromatic rings. The van der Waals surface area contributed by atoms with E-state index >= 15 is 0 Å². The molecule has 24 heavy (non-hydrogen) atoms. The minimum absolute atomic E-state index is 0.00694. The van der Waals surface area contributed by atoms with Crippen molar-refractivity contribution in [1.82, 2.24) is 0 Å². The Labute approximate surface area is 150 Å². The summed E-state index contributed by atoms with van der Waals surface area (Å²) in [5.74, 6) is -0.691. The second kappa shape index (κ2) is 7.42. The Hall–Kier alpha value is -1.76. The lowest BCUT2D eigenvalue weighted by atomic mass is 10.2. The molecular formula is C16H15Cl2NO4S. The van der Waals surface area contributed by atoms with Crippen molar-refractivity contribution in [2.24, 2.45) is 0 Å². The number of carbonyl (C=O) groups is 1. The number of rotatable bonds is 5. The topological polar surface area (TPSA) is 63.7 Å². The van der Waals surface area contributed by atoms with Crippen molar-refractivity contribution in [2.75, 3.05) is 18.0 Å². The van der Waals surface area contributed by atoms with E-state index in [9.17, 15) is 13.2 Å². The second-order valence-electron chi connectivity index (χ2n) is 4.98. The number of nitrogens with zero attached hydrogens (tertiary/aromatic N) is 1. The quantitative estimate of drug-likeness (QED) is 0.734. The first-order chi connectivity index (χ1) is 11.3. The van der Waals surface area contributed by atoms with Crippen molar-refractivity contribution in [3.63, 3.8) is 0 Å². The van der Waals surface area contributed by atoms with Crippen LogP contribution in [0.15, 0.2) is 47.4 Å². The summed E-state index contributed by atoms with van der Waals surface area (Å²) in [6.45, 7) is 1.32. The molecule has 0 aliphatic rings. The number of anilines is 1.